The molecule has 1 spiro atoms. The lowest BCUT2D eigenvalue weighted by atomic mass is 9.74. The van der Waals surface area contributed by atoms with Gasteiger partial charge in [-0.3, -0.25) is 0 Å². The van der Waals surface area contributed by atoms with Crippen molar-refractivity contribution in [2.45, 2.75) is 45.4 Å². The summed E-state index contributed by atoms with van der Waals surface area (Å²) in [5.74, 6) is 1.58. The van der Waals surface area contributed by atoms with Gasteiger partial charge < -0.3 is 10.2 Å². The molecule has 20 heavy (non-hydrogen) atoms. The maximum Gasteiger partial charge on any atom is 0.132 e. The lowest BCUT2D eigenvalue weighted by Gasteiger charge is -2.45. The summed E-state index contributed by atoms with van der Waals surface area (Å²) in [6.07, 6.45) is 7.04. The molecule has 0 amide bonds. The molecule has 1 atom stereocenters. The Morgan fingerprint density at radius 3 is 2.85 bits per heavy atom. The zero-order valence-electron chi connectivity index (χ0n) is 12.7. The number of anilines is 1. The van der Waals surface area contributed by atoms with Crippen molar-refractivity contribution in [2.24, 2.45) is 5.41 Å². The number of rotatable bonds is 2. The van der Waals surface area contributed by atoms with Crippen molar-refractivity contribution in [3.63, 3.8) is 0 Å². The van der Waals surface area contributed by atoms with Gasteiger partial charge in [-0.25, -0.2) is 9.97 Å². The number of piperidine rings is 2. The van der Waals surface area contributed by atoms with Gasteiger partial charge >= 0.3 is 0 Å². The van der Waals surface area contributed by atoms with Gasteiger partial charge in [-0.15, -0.1) is 0 Å². The van der Waals surface area contributed by atoms with E-state index in [9.17, 15) is 0 Å². The molecule has 2 aliphatic rings. The Balaban J connectivity index is 1.78. The largest absolute Gasteiger partial charge is 0.356 e. The molecule has 0 aromatic carbocycles. The van der Waals surface area contributed by atoms with Crippen LogP contribution in [0.4, 0.5) is 5.82 Å². The first-order valence-corrected chi connectivity index (χ1v) is 7.96. The molecule has 0 saturated carbocycles. The van der Waals surface area contributed by atoms with Gasteiger partial charge in [-0.2, -0.15) is 0 Å². The van der Waals surface area contributed by atoms with E-state index >= 15 is 0 Å². The van der Waals surface area contributed by atoms with Crippen LogP contribution in [0.3, 0.4) is 0 Å². The van der Waals surface area contributed by atoms with Crippen LogP contribution < -0.4 is 10.2 Å². The van der Waals surface area contributed by atoms with Crippen molar-refractivity contribution in [3.8, 4) is 0 Å². The van der Waals surface area contributed by atoms with Crippen LogP contribution in [0.15, 0.2) is 12.4 Å². The number of aromatic nitrogens is 2. The molecule has 3 heterocycles. The summed E-state index contributed by atoms with van der Waals surface area (Å²) in [5.41, 5.74) is 1.62. The van der Waals surface area contributed by atoms with Gasteiger partial charge in [0.25, 0.3) is 0 Å². The lowest BCUT2D eigenvalue weighted by molar-refractivity contribution is 0.173. The smallest absolute Gasteiger partial charge is 0.132 e. The fourth-order valence-electron chi connectivity index (χ4n) is 3.63. The molecule has 2 fully saturated rings. The second-order valence-electron chi connectivity index (χ2n) is 6.76. The normalized spacial score (nSPS) is 27.2. The van der Waals surface area contributed by atoms with Crippen molar-refractivity contribution < 1.29 is 0 Å². The highest BCUT2D eigenvalue weighted by Gasteiger charge is 2.36. The summed E-state index contributed by atoms with van der Waals surface area (Å²) in [7, 11) is 0. The summed E-state index contributed by atoms with van der Waals surface area (Å²) in [6, 6.07) is 2.18. The van der Waals surface area contributed by atoms with Crippen LogP contribution in [-0.2, 0) is 0 Å². The van der Waals surface area contributed by atoms with E-state index in [1.165, 1.54) is 38.8 Å². The minimum absolute atomic E-state index is 0.465. The Morgan fingerprint density at radius 1 is 1.25 bits per heavy atom. The van der Waals surface area contributed by atoms with E-state index in [1.807, 2.05) is 0 Å². The fraction of sp³-hybridized carbons (Fsp3) is 0.750. The summed E-state index contributed by atoms with van der Waals surface area (Å²) in [5, 5.41) is 3.59. The first-order valence-electron chi connectivity index (χ1n) is 7.96. The van der Waals surface area contributed by atoms with Gasteiger partial charge in [0.15, 0.2) is 0 Å². The fourth-order valence-corrected chi connectivity index (χ4v) is 3.63. The summed E-state index contributed by atoms with van der Waals surface area (Å²) < 4.78 is 0. The highest BCUT2D eigenvalue weighted by molar-refractivity contribution is 5.40. The Bertz CT molecular complexity index is 446. The molecule has 1 aromatic rings. The first kappa shape index (κ1) is 13.8. The van der Waals surface area contributed by atoms with Crippen molar-refractivity contribution in [3.05, 3.63) is 18.1 Å². The van der Waals surface area contributed by atoms with Gasteiger partial charge in [0, 0.05) is 36.8 Å². The monoisotopic (exact) mass is 274 g/mol. The van der Waals surface area contributed by atoms with E-state index < -0.39 is 0 Å². The standard InChI is InChI=1S/C16H26N4/c1-13(2)14-9-15(19-12-18-14)20-8-4-6-16(11-20)5-3-7-17-10-16/h9,12-13,17H,3-8,10-11H2,1-2H3. The second kappa shape index (κ2) is 5.68. The molecular formula is C16H26N4. The number of nitrogens with one attached hydrogen (secondary N) is 1. The van der Waals surface area contributed by atoms with Crippen LogP contribution in [-0.4, -0.2) is 36.1 Å². The molecule has 1 aromatic heterocycles. The topological polar surface area (TPSA) is 41.0 Å². The third kappa shape index (κ3) is 2.80. The Labute approximate surface area is 122 Å². The third-order valence-corrected chi connectivity index (χ3v) is 4.81. The van der Waals surface area contributed by atoms with Gasteiger partial charge in [0.05, 0.1) is 0 Å². The highest BCUT2D eigenvalue weighted by atomic mass is 15.2. The number of hydrogen-bond donors (Lipinski definition) is 1. The summed E-state index contributed by atoms with van der Waals surface area (Å²) in [6.45, 7) is 9.02. The SMILES string of the molecule is CC(C)c1cc(N2CCCC3(CCCNC3)C2)ncn1. The summed E-state index contributed by atoms with van der Waals surface area (Å²) in [4.78, 5) is 11.4. The van der Waals surface area contributed by atoms with Crippen molar-refractivity contribution in [2.75, 3.05) is 31.1 Å². The average Bonchev–Trinajstić information content (AvgIpc) is 2.48. The van der Waals surface area contributed by atoms with Crippen LogP contribution in [0.2, 0.25) is 0 Å². The van der Waals surface area contributed by atoms with Crippen LogP contribution in [0.1, 0.15) is 51.1 Å². The van der Waals surface area contributed by atoms with Crippen molar-refractivity contribution >= 4 is 5.82 Å². The highest BCUT2D eigenvalue weighted by Crippen LogP contribution is 2.37. The van der Waals surface area contributed by atoms with Crippen molar-refractivity contribution in [1.29, 1.82) is 0 Å². The number of hydrogen-bond acceptors (Lipinski definition) is 4. The minimum Gasteiger partial charge on any atom is -0.356 e. The van der Waals surface area contributed by atoms with Crippen molar-refractivity contribution in [1.82, 2.24) is 15.3 Å². The molecule has 2 aliphatic heterocycles. The van der Waals surface area contributed by atoms with Gasteiger partial charge in [0.1, 0.15) is 12.1 Å². The first-order chi connectivity index (χ1) is 9.69. The molecule has 0 aliphatic carbocycles. The van der Waals surface area contributed by atoms with Crippen LogP contribution in [0, 0.1) is 5.41 Å². The Kier molecular flexibility index (Phi) is 3.92. The van der Waals surface area contributed by atoms with E-state index in [1.54, 1.807) is 6.33 Å². The quantitative estimate of drug-likeness (QED) is 0.900. The second-order valence-corrected chi connectivity index (χ2v) is 6.76. The van der Waals surface area contributed by atoms with Gasteiger partial charge in [0.2, 0.25) is 0 Å². The molecule has 1 N–H and O–H groups in total. The van der Waals surface area contributed by atoms with Crippen LogP contribution in [0.25, 0.3) is 0 Å². The predicted octanol–water partition coefficient (Wildman–Crippen LogP) is 2.57. The zero-order chi connectivity index (χ0) is 14.0. The van der Waals surface area contributed by atoms with E-state index in [0.717, 1.165) is 24.6 Å². The van der Waals surface area contributed by atoms with Crippen LogP contribution in [0.5, 0.6) is 0 Å². The summed E-state index contributed by atoms with van der Waals surface area (Å²) >= 11 is 0. The minimum atomic E-state index is 0.465. The van der Waals surface area contributed by atoms with Gasteiger partial charge in [-0.05, 0) is 38.1 Å². The molecule has 1 unspecified atom stereocenters. The maximum atomic E-state index is 4.52. The predicted molar refractivity (Wildman–Crippen MR) is 82.1 cm³/mol. The van der Waals surface area contributed by atoms with Crippen LogP contribution >= 0.6 is 0 Å². The third-order valence-electron chi connectivity index (χ3n) is 4.81. The number of nitrogens with zero attached hydrogens (tertiary/aromatic N) is 3. The average molecular weight is 274 g/mol. The van der Waals surface area contributed by atoms with E-state index in [-0.39, 0.29) is 0 Å². The van der Waals surface area contributed by atoms with Gasteiger partial charge in [-0.1, -0.05) is 13.8 Å². The van der Waals surface area contributed by atoms with E-state index in [0.29, 0.717) is 11.3 Å². The molecule has 0 radical (unpaired) electrons. The molecular weight excluding hydrogens is 248 g/mol. The zero-order valence-corrected chi connectivity index (χ0v) is 12.7. The van der Waals surface area contributed by atoms with E-state index in [4.69, 9.17) is 0 Å². The molecule has 4 nitrogen and oxygen atoms in total. The van der Waals surface area contributed by atoms with E-state index in [2.05, 4.69) is 40.1 Å². The molecule has 2 saturated heterocycles. The Morgan fingerprint density at radius 2 is 2.10 bits per heavy atom. The molecule has 4 heteroatoms. The molecule has 3 rings (SSSR count). The molecule has 110 valence electrons. The Hall–Kier alpha value is -1.16. The maximum absolute atomic E-state index is 4.52. The lowest BCUT2D eigenvalue weighted by Crippen LogP contribution is -2.51. The molecule has 0 bridgehead atoms.